The standard InChI is InChI=1S/C28H40N6O3/c1-20-18-23(29-24(19-20)33-13-16-37-17-14-33)31-26(36)21-4-5-22(32-27(2,3)10-15-35)30-25(21)34-11-8-28(6-7-28)9-12-34/h4-5,18-19,35H,6-17H2,1-3H3,(H,30,32)(H,29,31,36). The number of pyridine rings is 2. The molecule has 0 atom stereocenters. The highest BCUT2D eigenvalue weighted by atomic mass is 16.5. The van der Waals surface area contributed by atoms with Crippen molar-refractivity contribution >= 4 is 29.2 Å². The van der Waals surface area contributed by atoms with E-state index < -0.39 is 0 Å². The molecule has 0 aromatic carbocycles. The minimum atomic E-state index is -0.315. The molecule has 0 bridgehead atoms. The fourth-order valence-electron chi connectivity index (χ4n) is 5.35. The number of aliphatic hydroxyl groups excluding tert-OH is 1. The molecule has 2 saturated heterocycles. The molecule has 9 nitrogen and oxygen atoms in total. The molecular formula is C28H40N6O3. The van der Waals surface area contributed by atoms with Gasteiger partial charge < -0.3 is 30.3 Å². The Balaban J connectivity index is 1.39. The molecule has 3 fully saturated rings. The number of nitrogens with one attached hydrogen (secondary N) is 2. The number of hydrogen-bond donors (Lipinski definition) is 3. The van der Waals surface area contributed by atoms with E-state index in [-0.39, 0.29) is 18.1 Å². The summed E-state index contributed by atoms with van der Waals surface area (Å²) in [6.45, 7) is 10.9. The van der Waals surface area contributed by atoms with E-state index in [2.05, 4.69) is 20.4 Å². The Hall–Kier alpha value is -2.91. The van der Waals surface area contributed by atoms with Crippen LogP contribution in [0.1, 0.15) is 61.9 Å². The quantitative estimate of drug-likeness (QED) is 0.495. The number of ether oxygens (including phenoxy) is 1. The smallest absolute Gasteiger partial charge is 0.260 e. The first-order valence-electron chi connectivity index (χ1n) is 13.5. The van der Waals surface area contributed by atoms with Gasteiger partial charge in [0.25, 0.3) is 5.91 Å². The normalized spacial score (nSPS) is 19.1. The lowest BCUT2D eigenvalue weighted by molar-refractivity contribution is 0.102. The van der Waals surface area contributed by atoms with Gasteiger partial charge in [0.05, 0.1) is 18.8 Å². The van der Waals surface area contributed by atoms with Crippen LogP contribution >= 0.6 is 0 Å². The van der Waals surface area contributed by atoms with E-state index in [0.29, 0.717) is 48.1 Å². The summed E-state index contributed by atoms with van der Waals surface area (Å²) in [6, 6.07) is 7.66. The lowest BCUT2D eigenvalue weighted by atomic mass is 9.93. The van der Waals surface area contributed by atoms with Gasteiger partial charge in [-0.1, -0.05) is 0 Å². The average Bonchev–Trinajstić information content (AvgIpc) is 3.63. The third-order valence-corrected chi connectivity index (χ3v) is 7.94. The van der Waals surface area contributed by atoms with E-state index in [9.17, 15) is 9.90 Å². The van der Waals surface area contributed by atoms with Crippen molar-refractivity contribution < 1.29 is 14.6 Å². The number of hydrogen-bond acceptors (Lipinski definition) is 8. The number of aliphatic hydroxyl groups is 1. The van der Waals surface area contributed by atoms with Crippen molar-refractivity contribution in [3.63, 3.8) is 0 Å². The molecule has 2 aromatic rings. The van der Waals surface area contributed by atoms with E-state index in [1.54, 1.807) is 0 Å². The molecule has 0 unspecified atom stereocenters. The number of piperidine rings is 1. The van der Waals surface area contributed by atoms with Crippen LogP contribution in [0.2, 0.25) is 0 Å². The van der Waals surface area contributed by atoms with Gasteiger partial charge in [-0.2, -0.15) is 0 Å². The van der Waals surface area contributed by atoms with E-state index >= 15 is 0 Å². The fourth-order valence-corrected chi connectivity index (χ4v) is 5.35. The Labute approximate surface area is 219 Å². The largest absolute Gasteiger partial charge is 0.396 e. The topological polar surface area (TPSA) is 103 Å². The number of anilines is 4. The summed E-state index contributed by atoms with van der Waals surface area (Å²) in [5.74, 6) is 2.60. The lowest BCUT2D eigenvalue weighted by Crippen LogP contribution is -2.37. The summed E-state index contributed by atoms with van der Waals surface area (Å²) in [5, 5.41) is 15.9. The van der Waals surface area contributed by atoms with E-state index in [1.165, 1.54) is 12.8 Å². The third kappa shape index (κ3) is 6.15. The predicted octanol–water partition coefficient (Wildman–Crippen LogP) is 3.83. The second kappa shape index (κ2) is 10.5. The van der Waals surface area contributed by atoms with Crippen LogP contribution in [-0.4, -0.2) is 72.5 Å². The molecule has 1 saturated carbocycles. The number of nitrogens with zero attached hydrogens (tertiary/aromatic N) is 4. The minimum Gasteiger partial charge on any atom is -0.396 e. The summed E-state index contributed by atoms with van der Waals surface area (Å²) in [7, 11) is 0. The SMILES string of the molecule is Cc1cc(NC(=O)c2ccc(NC(C)(C)CCO)nc2N2CCC3(CC2)CC3)nc(N2CCOCC2)c1. The number of morpholine rings is 1. The minimum absolute atomic E-state index is 0.0947. The van der Waals surface area contributed by atoms with E-state index in [1.807, 2.05) is 45.0 Å². The lowest BCUT2D eigenvalue weighted by Gasteiger charge is -2.34. The van der Waals surface area contributed by atoms with E-state index in [4.69, 9.17) is 14.7 Å². The number of aryl methyl sites for hydroxylation is 1. The van der Waals surface area contributed by atoms with Crippen molar-refractivity contribution in [1.29, 1.82) is 0 Å². The number of carbonyl (C=O) groups is 1. The third-order valence-electron chi connectivity index (χ3n) is 7.94. The molecule has 37 heavy (non-hydrogen) atoms. The first-order chi connectivity index (χ1) is 17.8. The van der Waals surface area contributed by atoms with Crippen molar-refractivity contribution in [1.82, 2.24) is 9.97 Å². The maximum Gasteiger partial charge on any atom is 0.260 e. The number of amides is 1. The van der Waals surface area contributed by atoms with Gasteiger partial charge in [0.1, 0.15) is 23.3 Å². The van der Waals surface area contributed by atoms with Gasteiger partial charge in [-0.15, -0.1) is 0 Å². The molecule has 2 aliphatic heterocycles. The Bertz CT molecular complexity index is 1120. The Morgan fingerprint density at radius 3 is 2.43 bits per heavy atom. The van der Waals surface area contributed by atoms with Gasteiger partial charge in [-0.25, -0.2) is 9.97 Å². The van der Waals surface area contributed by atoms with Gasteiger partial charge in [-0.3, -0.25) is 4.79 Å². The number of rotatable bonds is 8. The zero-order valence-electron chi connectivity index (χ0n) is 22.3. The van der Waals surface area contributed by atoms with Gasteiger partial charge in [0.2, 0.25) is 0 Å². The Morgan fingerprint density at radius 1 is 1.03 bits per heavy atom. The van der Waals surface area contributed by atoms with Crippen LogP contribution < -0.4 is 20.4 Å². The van der Waals surface area contributed by atoms with Crippen molar-refractivity contribution in [2.45, 2.75) is 58.4 Å². The highest BCUT2D eigenvalue weighted by Gasteiger charge is 2.45. The molecule has 1 amide bonds. The van der Waals surface area contributed by atoms with Gasteiger partial charge in [-0.05, 0) is 88.1 Å². The molecule has 200 valence electrons. The second-order valence-corrected chi connectivity index (χ2v) is 11.5. The summed E-state index contributed by atoms with van der Waals surface area (Å²) in [4.78, 5) is 27.7. The molecule has 2 aromatic heterocycles. The van der Waals surface area contributed by atoms with Crippen LogP contribution in [-0.2, 0) is 4.74 Å². The molecule has 1 aliphatic carbocycles. The van der Waals surface area contributed by atoms with Crippen molar-refractivity contribution in [2.24, 2.45) is 5.41 Å². The van der Waals surface area contributed by atoms with Crippen LogP contribution in [0, 0.1) is 12.3 Å². The van der Waals surface area contributed by atoms with Gasteiger partial charge in [0, 0.05) is 38.3 Å². The molecule has 3 N–H and O–H groups in total. The van der Waals surface area contributed by atoms with Crippen molar-refractivity contribution in [2.75, 3.05) is 66.4 Å². The maximum atomic E-state index is 13.6. The van der Waals surface area contributed by atoms with Crippen LogP contribution in [0.15, 0.2) is 24.3 Å². The summed E-state index contributed by atoms with van der Waals surface area (Å²) in [5.41, 5.74) is 1.80. The highest BCUT2D eigenvalue weighted by Crippen LogP contribution is 2.54. The number of carbonyl (C=O) groups excluding carboxylic acids is 1. The molecule has 3 aliphatic rings. The molecule has 0 radical (unpaired) electrons. The molecule has 5 rings (SSSR count). The molecule has 1 spiro atoms. The van der Waals surface area contributed by atoms with Crippen LogP contribution in [0.3, 0.4) is 0 Å². The predicted molar refractivity (Wildman–Crippen MR) is 147 cm³/mol. The van der Waals surface area contributed by atoms with Crippen LogP contribution in [0.25, 0.3) is 0 Å². The maximum absolute atomic E-state index is 13.6. The Kier molecular flexibility index (Phi) is 7.27. The van der Waals surface area contributed by atoms with Gasteiger partial charge in [0.15, 0.2) is 0 Å². The highest BCUT2D eigenvalue weighted by molar-refractivity contribution is 6.07. The zero-order chi connectivity index (χ0) is 26.0. The van der Waals surface area contributed by atoms with Crippen molar-refractivity contribution in [3.05, 3.63) is 35.4 Å². The van der Waals surface area contributed by atoms with Gasteiger partial charge >= 0.3 is 0 Å². The number of aromatic nitrogens is 2. The Morgan fingerprint density at radius 2 is 1.76 bits per heavy atom. The second-order valence-electron chi connectivity index (χ2n) is 11.5. The first-order valence-corrected chi connectivity index (χ1v) is 13.5. The van der Waals surface area contributed by atoms with Crippen LogP contribution in [0.4, 0.5) is 23.3 Å². The molecule has 9 heteroatoms. The molecule has 4 heterocycles. The summed E-state index contributed by atoms with van der Waals surface area (Å²) in [6.07, 6.45) is 5.53. The summed E-state index contributed by atoms with van der Waals surface area (Å²) >= 11 is 0. The average molecular weight is 509 g/mol. The van der Waals surface area contributed by atoms with E-state index in [0.717, 1.165) is 50.4 Å². The fraction of sp³-hybridized carbons (Fsp3) is 0.607. The monoisotopic (exact) mass is 508 g/mol. The summed E-state index contributed by atoms with van der Waals surface area (Å²) < 4.78 is 5.48. The first kappa shape index (κ1) is 25.7. The molecular weight excluding hydrogens is 468 g/mol. The van der Waals surface area contributed by atoms with Crippen LogP contribution in [0.5, 0.6) is 0 Å². The zero-order valence-corrected chi connectivity index (χ0v) is 22.3. The van der Waals surface area contributed by atoms with Crippen molar-refractivity contribution in [3.8, 4) is 0 Å².